The van der Waals surface area contributed by atoms with E-state index in [0.717, 1.165) is 49.0 Å². The summed E-state index contributed by atoms with van der Waals surface area (Å²) in [5.74, 6) is 1.55. The summed E-state index contributed by atoms with van der Waals surface area (Å²) >= 11 is 0. The number of fused-ring (bicyclic) bond motifs is 1. The molecule has 1 amide bonds. The van der Waals surface area contributed by atoms with Gasteiger partial charge in [0.1, 0.15) is 34.0 Å². The van der Waals surface area contributed by atoms with E-state index >= 15 is 0 Å². The van der Waals surface area contributed by atoms with E-state index in [1.165, 1.54) is 24.1 Å². The van der Waals surface area contributed by atoms with Crippen LogP contribution in [-0.2, 0) is 11.2 Å². The van der Waals surface area contributed by atoms with E-state index in [1.54, 1.807) is 27.3 Å². The van der Waals surface area contributed by atoms with Crippen molar-refractivity contribution < 1.29 is 23.8 Å². The summed E-state index contributed by atoms with van der Waals surface area (Å²) in [6, 6.07) is 10.2. The number of carbonyl (C=O) groups excluding carboxylic acids is 1. The molecule has 0 fully saturated rings. The Balaban J connectivity index is 0.000000654. The second-order valence-electron chi connectivity index (χ2n) is 7.55. The second-order valence-corrected chi connectivity index (χ2v) is 7.55. The number of rotatable bonds is 8. The van der Waals surface area contributed by atoms with Crippen molar-refractivity contribution in [2.24, 2.45) is 0 Å². The first-order chi connectivity index (χ1) is 15.3. The molecule has 1 heterocycles. The molecule has 7 heteroatoms. The number of phenols is 1. The van der Waals surface area contributed by atoms with Gasteiger partial charge in [-0.1, -0.05) is 19.8 Å². The van der Waals surface area contributed by atoms with Gasteiger partial charge in [0.15, 0.2) is 5.43 Å². The Morgan fingerprint density at radius 1 is 1.06 bits per heavy atom. The number of amides is 1. The molecule has 0 aliphatic rings. The molecule has 1 N–H and O–H groups in total. The number of hydrogen-bond acceptors (Lipinski definition) is 6. The molecular weight excluding hydrogens is 410 g/mol. The van der Waals surface area contributed by atoms with E-state index in [0.29, 0.717) is 11.5 Å². The SMILES string of the molecule is CCCCCc1cc(-c2cc(=O)c3c(O)cc(OC)cc3o2)ccc1OC.CN(C)C=O. The van der Waals surface area contributed by atoms with Crippen LogP contribution < -0.4 is 14.9 Å². The first kappa shape index (κ1) is 24.8. The molecule has 3 rings (SSSR count). The fourth-order valence-electron chi connectivity index (χ4n) is 3.20. The highest BCUT2D eigenvalue weighted by atomic mass is 16.5. The molecular formula is C25H31NO6. The van der Waals surface area contributed by atoms with Gasteiger partial charge in [0.2, 0.25) is 6.41 Å². The predicted molar refractivity (Wildman–Crippen MR) is 126 cm³/mol. The number of aromatic hydroxyl groups is 1. The van der Waals surface area contributed by atoms with Crippen molar-refractivity contribution in [3.63, 3.8) is 0 Å². The number of methoxy groups -OCH3 is 2. The van der Waals surface area contributed by atoms with E-state index in [-0.39, 0.29) is 22.1 Å². The van der Waals surface area contributed by atoms with Gasteiger partial charge < -0.3 is 23.9 Å². The third-order valence-corrected chi connectivity index (χ3v) is 4.84. The van der Waals surface area contributed by atoms with Gasteiger partial charge in [-0.05, 0) is 36.6 Å². The molecule has 0 unspecified atom stereocenters. The zero-order chi connectivity index (χ0) is 23.7. The van der Waals surface area contributed by atoms with Crippen LogP contribution >= 0.6 is 0 Å². The minimum absolute atomic E-state index is 0.149. The van der Waals surface area contributed by atoms with Crippen LogP contribution in [0, 0.1) is 0 Å². The van der Waals surface area contributed by atoms with Gasteiger partial charge in [-0.2, -0.15) is 0 Å². The number of hydrogen-bond donors (Lipinski definition) is 1. The zero-order valence-electron chi connectivity index (χ0n) is 19.3. The van der Waals surface area contributed by atoms with Crippen molar-refractivity contribution in [3.05, 3.63) is 52.2 Å². The Labute approximate surface area is 188 Å². The summed E-state index contributed by atoms with van der Waals surface area (Å²) < 4.78 is 16.5. The minimum Gasteiger partial charge on any atom is -0.507 e. The van der Waals surface area contributed by atoms with Crippen LogP contribution in [0.5, 0.6) is 17.2 Å². The smallest absolute Gasteiger partial charge is 0.209 e. The van der Waals surface area contributed by atoms with Gasteiger partial charge in [0.05, 0.1) is 14.2 Å². The maximum atomic E-state index is 12.5. The van der Waals surface area contributed by atoms with Crippen LogP contribution in [-0.4, -0.2) is 44.7 Å². The standard InChI is InChI=1S/C22H24O5.C3H7NO/c1-4-5-6-7-14-10-15(8-9-19(14)26-3)20-13-18(24)22-17(23)11-16(25-2)12-21(22)27-20;1-4(2)3-5/h8-13,23H,4-7H2,1-3H3;3H,1-2H3. The van der Waals surface area contributed by atoms with Crippen LogP contribution in [0.1, 0.15) is 31.7 Å². The Kier molecular flexibility index (Phi) is 9.13. The molecule has 1 aromatic heterocycles. The third kappa shape index (κ3) is 6.26. The van der Waals surface area contributed by atoms with Crippen LogP contribution in [0.25, 0.3) is 22.3 Å². The van der Waals surface area contributed by atoms with Gasteiger partial charge in [0, 0.05) is 37.9 Å². The first-order valence-electron chi connectivity index (χ1n) is 10.5. The molecule has 0 radical (unpaired) electrons. The molecule has 0 spiro atoms. The second kappa shape index (κ2) is 11.8. The van der Waals surface area contributed by atoms with E-state index < -0.39 is 0 Å². The summed E-state index contributed by atoms with van der Waals surface area (Å²) in [5.41, 5.74) is 1.87. The third-order valence-electron chi connectivity index (χ3n) is 4.84. The van der Waals surface area contributed by atoms with Gasteiger partial charge in [-0.15, -0.1) is 0 Å². The van der Waals surface area contributed by atoms with Crippen molar-refractivity contribution in [1.82, 2.24) is 4.90 Å². The van der Waals surface area contributed by atoms with Crippen molar-refractivity contribution >= 4 is 17.4 Å². The lowest BCUT2D eigenvalue weighted by atomic mass is 10.0. The number of carbonyl (C=O) groups is 1. The van der Waals surface area contributed by atoms with Crippen molar-refractivity contribution in [1.29, 1.82) is 0 Å². The quantitative estimate of drug-likeness (QED) is 0.405. The highest BCUT2D eigenvalue weighted by Crippen LogP contribution is 2.32. The molecule has 32 heavy (non-hydrogen) atoms. The lowest BCUT2D eigenvalue weighted by Gasteiger charge is -2.11. The average molecular weight is 442 g/mol. The van der Waals surface area contributed by atoms with Gasteiger partial charge in [-0.3, -0.25) is 9.59 Å². The first-order valence-corrected chi connectivity index (χ1v) is 10.5. The highest BCUT2D eigenvalue weighted by molar-refractivity contribution is 5.86. The van der Waals surface area contributed by atoms with Crippen LogP contribution in [0.3, 0.4) is 0 Å². The summed E-state index contributed by atoms with van der Waals surface area (Å²) in [5, 5.41) is 10.3. The number of ether oxygens (including phenoxy) is 2. The molecule has 7 nitrogen and oxygen atoms in total. The maximum Gasteiger partial charge on any atom is 0.209 e. The predicted octanol–water partition coefficient (Wildman–Crippen LogP) is 4.62. The summed E-state index contributed by atoms with van der Waals surface area (Å²) in [6.45, 7) is 2.17. The number of unbranched alkanes of at least 4 members (excludes halogenated alkanes) is 2. The molecule has 3 aromatic rings. The average Bonchev–Trinajstić information content (AvgIpc) is 2.78. The largest absolute Gasteiger partial charge is 0.507 e. The molecule has 0 aliphatic carbocycles. The van der Waals surface area contributed by atoms with E-state index in [2.05, 4.69) is 6.92 Å². The molecule has 0 bridgehead atoms. The van der Waals surface area contributed by atoms with Crippen LogP contribution in [0.15, 0.2) is 45.6 Å². The summed E-state index contributed by atoms with van der Waals surface area (Å²) in [6.07, 6.45) is 5.02. The topological polar surface area (TPSA) is 89.2 Å². The molecule has 172 valence electrons. The van der Waals surface area contributed by atoms with Crippen molar-refractivity contribution in [2.75, 3.05) is 28.3 Å². The molecule has 2 aromatic carbocycles. The van der Waals surface area contributed by atoms with Crippen molar-refractivity contribution in [2.45, 2.75) is 32.6 Å². The highest BCUT2D eigenvalue weighted by Gasteiger charge is 2.14. The van der Waals surface area contributed by atoms with Gasteiger partial charge >= 0.3 is 0 Å². The minimum atomic E-state index is -0.297. The normalized spacial score (nSPS) is 10.3. The van der Waals surface area contributed by atoms with E-state index in [1.807, 2.05) is 18.2 Å². The van der Waals surface area contributed by atoms with E-state index in [9.17, 15) is 14.7 Å². The molecule has 0 saturated carbocycles. The summed E-state index contributed by atoms with van der Waals surface area (Å²) in [4.78, 5) is 23.4. The maximum absolute atomic E-state index is 12.5. The van der Waals surface area contributed by atoms with Gasteiger partial charge in [0.25, 0.3) is 0 Å². The van der Waals surface area contributed by atoms with Crippen molar-refractivity contribution in [3.8, 4) is 28.6 Å². The Morgan fingerprint density at radius 3 is 2.38 bits per heavy atom. The number of aryl methyl sites for hydroxylation is 1. The summed E-state index contributed by atoms with van der Waals surface area (Å²) in [7, 11) is 6.53. The number of benzene rings is 2. The molecule has 0 atom stereocenters. The Hall–Kier alpha value is -3.48. The zero-order valence-corrected chi connectivity index (χ0v) is 19.3. The molecule has 0 saturated heterocycles. The lowest BCUT2D eigenvalue weighted by Crippen LogP contribution is -2.06. The van der Waals surface area contributed by atoms with Crippen LogP contribution in [0.4, 0.5) is 0 Å². The Bertz CT molecular complexity index is 1100. The number of phenolic OH excluding ortho intramolecular Hbond substituents is 1. The fourth-order valence-corrected chi connectivity index (χ4v) is 3.20. The van der Waals surface area contributed by atoms with E-state index in [4.69, 9.17) is 13.9 Å². The van der Waals surface area contributed by atoms with Gasteiger partial charge in [-0.25, -0.2) is 0 Å². The molecule has 0 aliphatic heterocycles. The lowest BCUT2D eigenvalue weighted by molar-refractivity contribution is -0.115. The van der Waals surface area contributed by atoms with Crippen LogP contribution in [0.2, 0.25) is 0 Å². The number of nitrogens with zero attached hydrogens (tertiary/aromatic N) is 1. The monoisotopic (exact) mass is 441 g/mol. The Morgan fingerprint density at radius 2 is 1.78 bits per heavy atom. The fraction of sp³-hybridized carbons (Fsp3) is 0.360.